The van der Waals surface area contributed by atoms with Gasteiger partial charge in [0, 0.05) is 18.6 Å². The maximum Gasteiger partial charge on any atom is 0.0685 e. The molecule has 1 rings (SSSR count). The number of rotatable bonds is 3. The van der Waals surface area contributed by atoms with E-state index in [0.29, 0.717) is 19.5 Å². The molecule has 1 fully saturated rings. The van der Waals surface area contributed by atoms with Crippen LogP contribution in [0.3, 0.4) is 0 Å². The average molecular weight is 175 g/mol. The Bertz CT molecular complexity index is 153. The van der Waals surface area contributed by atoms with E-state index in [1.54, 1.807) is 0 Å². The zero-order valence-electron chi connectivity index (χ0n) is 7.40. The van der Waals surface area contributed by atoms with Crippen molar-refractivity contribution in [3.63, 3.8) is 0 Å². The van der Waals surface area contributed by atoms with E-state index in [9.17, 15) is 5.11 Å². The van der Waals surface area contributed by atoms with Crippen LogP contribution < -0.4 is 0 Å². The maximum absolute atomic E-state index is 9.36. The van der Waals surface area contributed by atoms with Crippen LogP contribution in [-0.4, -0.2) is 58.2 Å². The summed E-state index contributed by atoms with van der Waals surface area (Å²) in [7, 11) is 0. The van der Waals surface area contributed by atoms with Crippen LogP contribution in [0, 0.1) is 0 Å². The van der Waals surface area contributed by atoms with Gasteiger partial charge < -0.3 is 15.3 Å². The highest BCUT2D eigenvalue weighted by Crippen LogP contribution is 2.27. The predicted octanol–water partition coefficient (Wildman–Crippen LogP) is -1.20. The van der Waals surface area contributed by atoms with E-state index in [4.69, 9.17) is 10.2 Å². The van der Waals surface area contributed by atoms with Crippen molar-refractivity contribution < 1.29 is 15.3 Å². The maximum atomic E-state index is 9.36. The summed E-state index contributed by atoms with van der Waals surface area (Å²) in [6, 6.07) is 0. The molecule has 0 aromatic rings. The quantitative estimate of drug-likeness (QED) is 0.504. The van der Waals surface area contributed by atoms with Gasteiger partial charge in [-0.15, -0.1) is 0 Å². The highest BCUT2D eigenvalue weighted by molar-refractivity contribution is 4.95. The average Bonchev–Trinajstić information content (AvgIpc) is 2.29. The molecule has 0 amide bonds. The van der Waals surface area contributed by atoms with E-state index in [1.165, 1.54) is 0 Å². The Morgan fingerprint density at radius 1 is 1.50 bits per heavy atom. The van der Waals surface area contributed by atoms with Gasteiger partial charge in [0.15, 0.2) is 0 Å². The fourth-order valence-electron chi connectivity index (χ4n) is 1.82. The van der Waals surface area contributed by atoms with Gasteiger partial charge >= 0.3 is 0 Å². The van der Waals surface area contributed by atoms with E-state index in [2.05, 4.69) is 0 Å². The molecule has 1 aliphatic heterocycles. The Morgan fingerprint density at radius 3 is 2.67 bits per heavy atom. The number of β-amino-alcohol motifs (C(OH)–C–C–N with tert-alkyl or cyclic N) is 2. The molecule has 3 N–H and O–H groups in total. The Hall–Kier alpha value is -0.160. The third-order valence-electron chi connectivity index (χ3n) is 2.58. The van der Waals surface area contributed by atoms with Crippen molar-refractivity contribution in [1.82, 2.24) is 4.90 Å². The third-order valence-corrected chi connectivity index (χ3v) is 2.58. The molecule has 0 aromatic heterocycles. The van der Waals surface area contributed by atoms with Crippen molar-refractivity contribution in [2.75, 3.05) is 26.3 Å². The minimum absolute atomic E-state index is 0.0318. The monoisotopic (exact) mass is 175 g/mol. The molecule has 0 spiro atoms. The summed E-state index contributed by atoms with van der Waals surface area (Å²) in [5, 5.41) is 27.2. The second-order valence-electron chi connectivity index (χ2n) is 3.68. The summed E-state index contributed by atoms with van der Waals surface area (Å²) in [5.41, 5.74) is -0.345. The van der Waals surface area contributed by atoms with Crippen LogP contribution in [0.25, 0.3) is 0 Å². The summed E-state index contributed by atoms with van der Waals surface area (Å²) < 4.78 is 0. The van der Waals surface area contributed by atoms with Gasteiger partial charge in [0.05, 0.1) is 19.3 Å². The van der Waals surface area contributed by atoms with E-state index in [1.807, 2.05) is 11.8 Å². The lowest BCUT2D eigenvalue weighted by Crippen LogP contribution is -2.45. The van der Waals surface area contributed by atoms with Gasteiger partial charge in [-0.05, 0) is 13.3 Å². The number of hydrogen-bond donors (Lipinski definition) is 3. The molecule has 12 heavy (non-hydrogen) atoms. The lowest BCUT2D eigenvalue weighted by Gasteiger charge is -2.32. The summed E-state index contributed by atoms with van der Waals surface area (Å²) in [5.74, 6) is 0. The minimum atomic E-state index is -0.367. The van der Waals surface area contributed by atoms with Crippen molar-refractivity contribution in [3.05, 3.63) is 0 Å². The normalized spacial score (nSPS) is 37.5. The van der Waals surface area contributed by atoms with E-state index in [0.717, 1.165) is 0 Å². The Balaban J connectivity index is 2.58. The smallest absolute Gasteiger partial charge is 0.0685 e. The zero-order chi connectivity index (χ0) is 9.19. The van der Waals surface area contributed by atoms with Gasteiger partial charge in [0.25, 0.3) is 0 Å². The molecule has 0 bridgehead atoms. The highest BCUT2D eigenvalue weighted by Gasteiger charge is 2.40. The number of hydrogen-bond acceptors (Lipinski definition) is 4. The molecule has 1 aliphatic rings. The van der Waals surface area contributed by atoms with Crippen LogP contribution in [0.2, 0.25) is 0 Å². The largest absolute Gasteiger partial charge is 0.395 e. The topological polar surface area (TPSA) is 63.9 Å². The molecule has 72 valence electrons. The van der Waals surface area contributed by atoms with Gasteiger partial charge in [-0.3, -0.25) is 4.90 Å². The molecule has 2 atom stereocenters. The van der Waals surface area contributed by atoms with Crippen LogP contribution in [-0.2, 0) is 0 Å². The molecular formula is C8H17NO3. The second kappa shape index (κ2) is 3.70. The van der Waals surface area contributed by atoms with E-state index >= 15 is 0 Å². The molecule has 0 aromatic carbocycles. The standard InChI is InChI=1S/C8H17NO3/c1-8(6-11)4-7(12)5-9(8)2-3-10/h7,10-12H,2-6H2,1H3. The van der Waals surface area contributed by atoms with Crippen LogP contribution >= 0.6 is 0 Å². The van der Waals surface area contributed by atoms with Crippen LogP contribution in [0.1, 0.15) is 13.3 Å². The fraction of sp³-hybridized carbons (Fsp3) is 1.00. The Labute approximate surface area is 72.4 Å². The van der Waals surface area contributed by atoms with Gasteiger partial charge in [-0.25, -0.2) is 0 Å². The van der Waals surface area contributed by atoms with Crippen molar-refractivity contribution >= 4 is 0 Å². The first-order valence-electron chi connectivity index (χ1n) is 4.27. The van der Waals surface area contributed by atoms with Gasteiger partial charge in [-0.2, -0.15) is 0 Å². The first-order chi connectivity index (χ1) is 5.62. The van der Waals surface area contributed by atoms with Crippen LogP contribution in [0.15, 0.2) is 0 Å². The third kappa shape index (κ3) is 1.77. The highest BCUT2D eigenvalue weighted by atomic mass is 16.3. The van der Waals surface area contributed by atoms with E-state index < -0.39 is 0 Å². The predicted molar refractivity (Wildman–Crippen MR) is 44.8 cm³/mol. The molecule has 4 heteroatoms. The molecule has 0 aliphatic carbocycles. The molecular weight excluding hydrogens is 158 g/mol. The molecule has 0 radical (unpaired) electrons. The summed E-state index contributed by atoms with van der Waals surface area (Å²) >= 11 is 0. The molecule has 4 nitrogen and oxygen atoms in total. The van der Waals surface area contributed by atoms with Gasteiger partial charge in [0.1, 0.15) is 0 Å². The van der Waals surface area contributed by atoms with Crippen LogP contribution in [0.4, 0.5) is 0 Å². The molecule has 0 saturated carbocycles. The summed E-state index contributed by atoms with van der Waals surface area (Å²) in [6.07, 6.45) is 0.220. The fourth-order valence-corrected chi connectivity index (χ4v) is 1.82. The number of likely N-dealkylation sites (tertiary alicyclic amines) is 1. The van der Waals surface area contributed by atoms with Crippen molar-refractivity contribution in [2.45, 2.75) is 25.0 Å². The number of nitrogens with zero attached hydrogens (tertiary/aromatic N) is 1. The zero-order valence-corrected chi connectivity index (χ0v) is 7.40. The lowest BCUT2D eigenvalue weighted by atomic mass is 9.99. The second-order valence-corrected chi connectivity index (χ2v) is 3.68. The number of aliphatic hydroxyl groups is 3. The van der Waals surface area contributed by atoms with Crippen molar-refractivity contribution in [2.24, 2.45) is 0 Å². The molecule has 1 saturated heterocycles. The lowest BCUT2D eigenvalue weighted by molar-refractivity contribution is 0.0648. The minimum Gasteiger partial charge on any atom is -0.395 e. The Morgan fingerprint density at radius 2 is 2.17 bits per heavy atom. The summed E-state index contributed by atoms with van der Waals surface area (Å²) in [4.78, 5) is 1.93. The first-order valence-corrected chi connectivity index (χ1v) is 4.27. The van der Waals surface area contributed by atoms with Crippen molar-refractivity contribution in [3.8, 4) is 0 Å². The van der Waals surface area contributed by atoms with Gasteiger partial charge in [-0.1, -0.05) is 0 Å². The molecule has 2 unspecified atom stereocenters. The summed E-state index contributed by atoms with van der Waals surface area (Å²) in [6.45, 7) is 3.08. The first kappa shape index (κ1) is 9.92. The van der Waals surface area contributed by atoms with Crippen LogP contribution in [0.5, 0.6) is 0 Å². The molecule has 1 heterocycles. The Kier molecular flexibility index (Phi) is 3.06. The number of aliphatic hydroxyl groups excluding tert-OH is 3. The van der Waals surface area contributed by atoms with E-state index in [-0.39, 0.29) is 24.9 Å². The van der Waals surface area contributed by atoms with Crippen molar-refractivity contribution in [1.29, 1.82) is 0 Å². The SMILES string of the molecule is CC1(CO)CC(O)CN1CCO. The van der Waals surface area contributed by atoms with Gasteiger partial charge in [0.2, 0.25) is 0 Å².